The van der Waals surface area contributed by atoms with Crippen molar-refractivity contribution in [1.82, 2.24) is 14.7 Å². The second-order valence-corrected chi connectivity index (χ2v) is 6.53. The first-order valence-corrected chi connectivity index (χ1v) is 8.60. The van der Waals surface area contributed by atoms with Gasteiger partial charge >= 0.3 is 0 Å². The average Bonchev–Trinajstić information content (AvgIpc) is 3.07. The van der Waals surface area contributed by atoms with Crippen LogP contribution >= 0.6 is 11.3 Å². The summed E-state index contributed by atoms with van der Waals surface area (Å²) in [5.41, 5.74) is 1.85. The van der Waals surface area contributed by atoms with Crippen LogP contribution in [0.2, 0.25) is 0 Å². The monoisotopic (exact) mass is 335 g/mol. The van der Waals surface area contributed by atoms with E-state index >= 15 is 0 Å². The predicted octanol–water partition coefficient (Wildman–Crippen LogP) is 4.27. The Labute approximate surface area is 138 Å². The van der Waals surface area contributed by atoms with Gasteiger partial charge in [0.15, 0.2) is 4.96 Å². The summed E-state index contributed by atoms with van der Waals surface area (Å²) in [6.45, 7) is 5.23. The third kappa shape index (κ3) is 3.43. The molecule has 0 bridgehead atoms. The number of fused-ring (bicyclic) bond motifs is 1. The van der Waals surface area contributed by atoms with Crippen molar-refractivity contribution in [3.05, 3.63) is 47.1 Å². The molecule has 3 aromatic rings. The van der Waals surface area contributed by atoms with E-state index in [1.165, 1.54) is 17.4 Å². The lowest BCUT2D eigenvalue weighted by atomic mass is 10.1. The van der Waals surface area contributed by atoms with Crippen LogP contribution in [0.5, 0.6) is 0 Å². The number of nitrogens with zero attached hydrogens (tertiary/aromatic N) is 2. The Morgan fingerprint density at radius 2 is 2.17 bits per heavy atom. The first-order chi connectivity index (χ1) is 11.1. The molecule has 3 rings (SSSR count). The minimum absolute atomic E-state index is 0.261. The van der Waals surface area contributed by atoms with Crippen LogP contribution in [0.15, 0.2) is 29.8 Å². The van der Waals surface area contributed by atoms with Gasteiger partial charge in [-0.2, -0.15) is 0 Å². The summed E-state index contributed by atoms with van der Waals surface area (Å²) >= 11 is 1.43. The van der Waals surface area contributed by atoms with Crippen molar-refractivity contribution in [2.75, 3.05) is 6.54 Å². The molecule has 0 radical (unpaired) electrons. The molecule has 1 atom stereocenters. The molecule has 0 aliphatic heterocycles. The summed E-state index contributed by atoms with van der Waals surface area (Å²) in [6, 6.07) is 3.84. The molecule has 2 heterocycles. The number of halogens is 2. The number of imidazole rings is 1. The maximum absolute atomic E-state index is 14.0. The second-order valence-electron chi connectivity index (χ2n) is 5.69. The molecule has 0 fully saturated rings. The second kappa shape index (κ2) is 6.76. The van der Waals surface area contributed by atoms with E-state index in [0.29, 0.717) is 11.7 Å². The van der Waals surface area contributed by atoms with E-state index in [-0.39, 0.29) is 5.56 Å². The molecule has 6 heteroatoms. The summed E-state index contributed by atoms with van der Waals surface area (Å²) < 4.78 is 29.3. The van der Waals surface area contributed by atoms with Crippen LogP contribution in [0, 0.1) is 11.6 Å². The summed E-state index contributed by atoms with van der Waals surface area (Å²) in [5.74, 6) is -0.877. The Balaban J connectivity index is 1.90. The lowest BCUT2D eigenvalue weighted by Gasteiger charge is -2.10. The van der Waals surface area contributed by atoms with Crippen LogP contribution in [-0.2, 0) is 6.42 Å². The number of aromatic nitrogens is 2. The number of thiazole rings is 1. The molecule has 122 valence electrons. The van der Waals surface area contributed by atoms with Crippen molar-refractivity contribution in [3.8, 4) is 11.3 Å². The summed E-state index contributed by atoms with van der Waals surface area (Å²) in [7, 11) is 0. The molecular weight excluding hydrogens is 316 g/mol. The topological polar surface area (TPSA) is 29.3 Å². The first kappa shape index (κ1) is 16.1. The quantitative estimate of drug-likeness (QED) is 0.729. The highest BCUT2D eigenvalue weighted by molar-refractivity contribution is 7.15. The third-order valence-electron chi connectivity index (χ3n) is 3.72. The fourth-order valence-electron chi connectivity index (χ4n) is 2.59. The maximum atomic E-state index is 14.0. The van der Waals surface area contributed by atoms with E-state index in [9.17, 15) is 8.78 Å². The van der Waals surface area contributed by atoms with E-state index < -0.39 is 11.6 Å². The van der Waals surface area contributed by atoms with Crippen LogP contribution in [-0.4, -0.2) is 22.0 Å². The van der Waals surface area contributed by atoms with E-state index in [2.05, 4.69) is 24.1 Å². The molecule has 23 heavy (non-hydrogen) atoms. The van der Waals surface area contributed by atoms with Gasteiger partial charge in [-0.25, -0.2) is 13.8 Å². The molecule has 0 saturated heterocycles. The van der Waals surface area contributed by atoms with Gasteiger partial charge < -0.3 is 5.32 Å². The minimum Gasteiger partial charge on any atom is -0.314 e. The highest BCUT2D eigenvalue weighted by atomic mass is 32.1. The largest absolute Gasteiger partial charge is 0.314 e. The molecule has 0 amide bonds. The molecule has 1 aromatic carbocycles. The van der Waals surface area contributed by atoms with E-state index in [1.807, 2.05) is 16.0 Å². The average molecular weight is 335 g/mol. The molecule has 0 aliphatic rings. The van der Waals surface area contributed by atoms with E-state index in [0.717, 1.165) is 42.2 Å². The molecule has 0 saturated carbocycles. The fourth-order valence-corrected chi connectivity index (χ4v) is 3.48. The number of benzene rings is 1. The lowest BCUT2D eigenvalue weighted by molar-refractivity contribution is 0.540. The molecule has 0 spiro atoms. The number of nitrogens with one attached hydrogen (secondary N) is 1. The smallest absolute Gasteiger partial charge is 0.194 e. The van der Waals surface area contributed by atoms with Gasteiger partial charge in [0.2, 0.25) is 0 Å². The highest BCUT2D eigenvalue weighted by Crippen LogP contribution is 2.29. The van der Waals surface area contributed by atoms with Gasteiger partial charge in [0.25, 0.3) is 0 Å². The van der Waals surface area contributed by atoms with Gasteiger partial charge in [0, 0.05) is 29.6 Å². The summed E-state index contributed by atoms with van der Waals surface area (Å²) in [6.07, 6.45) is 3.81. The number of rotatable bonds is 6. The van der Waals surface area contributed by atoms with Gasteiger partial charge in [-0.3, -0.25) is 4.40 Å². The molecule has 1 N–H and O–H groups in total. The maximum Gasteiger partial charge on any atom is 0.194 e. The standard InChI is InChI=1S/C17H19F2N3S/c1-3-6-20-11(2)7-13-9-22-16(10-23-17(22)21-13)14-8-12(18)4-5-15(14)19/h4-5,8-11,20H,3,6-7H2,1-2H3. The first-order valence-electron chi connectivity index (χ1n) is 7.72. The molecule has 2 aromatic heterocycles. The van der Waals surface area contributed by atoms with Crippen molar-refractivity contribution >= 4 is 16.3 Å². The van der Waals surface area contributed by atoms with Crippen LogP contribution in [0.4, 0.5) is 8.78 Å². The van der Waals surface area contributed by atoms with E-state index in [1.54, 1.807) is 0 Å². The Morgan fingerprint density at radius 3 is 2.96 bits per heavy atom. The van der Waals surface area contributed by atoms with Gasteiger partial charge in [-0.15, -0.1) is 11.3 Å². The Bertz CT molecular complexity index is 809. The zero-order chi connectivity index (χ0) is 16.4. The molecular formula is C17H19F2N3S. The third-order valence-corrected chi connectivity index (χ3v) is 4.56. The Hall–Kier alpha value is -1.79. The predicted molar refractivity (Wildman–Crippen MR) is 89.9 cm³/mol. The lowest BCUT2D eigenvalue weighted by Crippen LogP contribution is -2.28. The van der Waals surface area contributed by atoms with Crippen molar-refractivity contribution < 1.29 is 8.78 Å². The Morgan fingerprint density at radius 1 is 1.35 bits per heavy atom. The van der Waals surface area contributed by atoms with Crippen molar-refractivity contribution in [2.45, 2.75) is 32.7 Å². The summed E-state index contributed by atoms with van der Waals surface area (Å²) in [4.78, 5) is 5.38. The molecule has 1 unspecified atom stereocenters. The van der Waals surface area contributed by atoms with Crippen LogP contribution in [0.1, 0.15) is 26.0 Å². The highest BCUT2D eigenvalue weighted by Gasteiger charge is 2.15. The van der Waals surface area contributed by atoms with Crippen LogP contribution < -0.4 is 5.32 Å². The molecule has 0 aliphatic carbocycles. The van der Waals surface area contributed by atoms with Crippen LogP contribution in [0.3, 0.4) is 0 Å². The minimum atomic E-state index is -0.446. The zero-order valence-electron chi connectivity index (χ0n) is 13.1. The number of hydrogen-bond donors (Lipinski definition) is 1. The van der Waals surface area contributed by atoms with Crippen LogP contribution in [0.25, 0.3) is 16.2 Å². The zero-order valence-corrected chi connectivity index (χ0v) is 14.0. The van der Waals surface area contributed by atoms with Gasteiger partial charge in [0.05, 0.1) is 11.4 Å². The van der Waals surface area contributed by atoms with Gasteiger partial charge in [0.1, 0.15) is 11.6 Å². The Kier molecular flexibility index (Phi) is 4.73. The van der Waals surface area contributed by atoms with Crippen molar-refractivity contribution in [1.29, 1.82) is 0 Å². The fraction of sp³-hybridized carbons (Fsp3) is 0.353. The normalized spacial score (nSPS) is 12.9. The molecule has 3 nitrogen and oxygen atoms in total. The summed E-state index contributed by atoms with van der Waals surface area (Å²) in [5, 5.41) is 5.23. The van der Waals surface area contributed by atoms with Gasteiger partial charge in [-0.1, -0.05) is 6.92 Å². The van der Waals surface area contributed by atoms with Crippen molar-refractivity contribution in [3.63, 3.8) is 0 Å². The van der Waals surface area contributed by atoms with Crippen molar-refractivity contribution in [2.24, 2.45) is 0 Å². The SMILES string of the molecule is CCCNC(C)Cc1cn2c(-c3cc(F)ccc3F)csc2n1. The van der Waals surface area contributed by atoms with Gasteiger partial charge in [-0.05, 0) is 38.1 Å². The number of hydrogen-bond acceptors (Lipinski definition) is 3. The van der Waals surface area contributed by atoms with E-state index in [4.69, 9.17) is 0 Å².